The number of aryl methyl sites for hydroxylation is 2. The molecular weight excluding hydrogens is 400 g/mol. The second-order valence-corrected chi connectivity index (χ2v) is 8.93. The molecule has 0 fully saturated rings. The molecule has 0 aliphatic carbocycles. The number of nitrogens with zero attached hydrogens (tertiary/aromatic N) is 1. The molecule has 3 aromatic rings. The van der Waals surface area contributed by atoms with E-state index in [1.54, 1.807) is 0 Å². The van der Waals surface area contributed by atoms with E-state index in [4.69, 9.17) is 5.73 Å². The average Bonchev–Trinajstić information content (AvgIpc) is 2.91. The predicted molar refractivity (Wildman–Crippen MR) is 109 cm³/mol. The van der Waals surface area contributed by atoms with E-state index in [1.165, 1.54) is 35.6 Å². The molecule has 0 aliphatic rings. The zero-order chi connectivity index (χ0) is 20.6. The molecule has 0 unspecified atom stereocenters. The Kier molecular flexibility index (Phi) is 5.09. The molecule has 0 saturated heterocycles. The average molecular weight is 419 g/mol. The maximum Gasteiger partial charge on any atom is 0.267 e. The van der Waals surface area contributed by atoms with Gasteiger partial charge in [0.25, 0.3) is 15.9 Å². The fourth-order valence-electron chi connectivity index (χ4n) is 2.79. The van der Waals surface area contributed by atoms with Gasteiger partial charge in [0.15, 0.2) is 0 Å². The Morgan fingerprint density at radius 3 is 2.39 bits per heavy atom. The van der Waals surface area contributed by atoms with Crippen molar-refractivity contribution in [2.24, 2.45) is 0 Å². The number of fused-ring (bicyclic) bond motifs is 1. The first-order valence-electron chi connectivity index (χ1n) is 8.19. The van der Waals surface area contributed by atoms with Crippen LogP contribution in [0.5, 0.6) is 0 Å². The zero-order valence-corrected chi connectivity index (χ0v) is 17.0. The first-order chi connectivity index (χ1) is 13.1. The summed E-state index contributed by atoms with van der Waals surface area (Å²) in [5.74, 6) is -1.09. The van der Waals surface area contributed by atoms with Crippen LogP contribution in [-0.4, -0.2) is 25.2 Å². The number of amides is 2. The number of rotatable bonds is 4. The summed E-state index contributed by atoms with van der Waals surface area (Å²) in [6.07, 6.45) is 0. The van der Waals surface area contributed by atoms with Crippen LogP contribution in [0.4, 0.5) is 11.4 Å². The van der Waals surface area contributed by atoms with Crippen molar-refractivity contribution in [1.82, 2.24) is 9.71 Å². The second kappa shape index (κ2) is 7.21. The minimum Gasteiger partial charge on any atom is -0.397 e. The van der Waals surface area contributed by atoms with Crippen molar-refractivity contribution in [2.75, 3.05) is 11.1 Å². The number of benzene rings is 1. The highest BCUT2D eigenvalue weighted by molar-refractivity contribution is 7.90. The van der Waals surface area contributed by atoms with Gasteiger partial charge in [0.1, 0.15) is 9.71 Å². The van der Waals surface area contributed by atoms with Crippen LogP contribution in [0.3, 0.4) is 0 Å². The van der Waals surface area contributed by atoms with E-state index in [0.29, 0.717) is 21.1 Å². The predicted octanol–water partition coefficient (Wildman–Crippen LogP) is 2.57. The Hall–Kier alpha value is -2.98. The van der Waals surface area contributed by atoms with Crippen LogP contribution in [0.1, 0.15) is 27.9 Å². The summed E-state index contributed by atoms with van der Waals surface area (Å²) < 4.78 is 25.8. The standard InChI is InChI=1S/C18H18N4O4S2/c1-9-8-10(2)20-18-14(9)15(19)16(27-18)17(24)21-12-4-6-13(7-5-12)28(25,26)22-11(3)23/h4-8H,19H2,1-3H3,(H,21,24)(H,22,23). The third kappa shape index (κ3) is 3.82. The first-order valence-corrected chi connectivity index (χ1v) is 10.5. The van der Waals surface area contributed by atoms with Gasteiger partial charge in [0.2, 0.25) is 5.91 Å². The number of hydrogen-bond acceptors (Lipinski definition) is 7. The SMILES string of the molecule is CC(=O)NS(=O)(=O)c1ccc(NC(=O)c2sc3nc(C)cc(C)c3c2N)cc1. The minimum atomic E-state index is -3.93. The van der Waals surface area contributed by atoms with Gasteiger partial charge < -0.3 is 11.1 Å². The van der Waals surface area contributed by atoms with Gasteiger partial charge in [-0.1, -0.05) is 0 Å². The third-order valence-electron chi connectivity index (χ3n) is 3.93. The summed E-state index contributed by atoms with van der Waals surface area (Å²) in [6, 6.07) is 7.36. The van der Waals surface area contributed by atoms with Crippen LogP contribution in [0.15, 0.2) is 35.2 Å². The molecule has 0 bridgehead atoms. The number of nitrogen functional groups attached to an aromatic ring is 1. The third-order valence-corrected chi connectivity index (χ3v) is 6.48. The monoisotopic (exact) mass is 418 g/mol. The number of nitrogens with one attached hydrogen (secondary N) is 2. The van der Waals surface area contributed by atoms with Gasteiger partial charge >= 0.3 is 0 Å². The lowest BCUT2D eigenvalue weighted by atomic mass is 10.1. The van der Waals surface area contributed by atoms with Gasteiger partial charge in [-0.3, -0.25) is 9.59 Å². The molecule has 0 saturated carbocycles. The number of hydrogen-bond donors (Lipinski definition) is 3. The molecule has 0 spiro atoms. The number of pyridine rings is 1. The fourth-order valence-corrected chi connectivity index (χ4v) is 4.89. The van der Waals surface area contributed by atoms with E-state index >= 15 is 0 Å². The van der Waals surface area contributed by atoms with Crippen LogP contribution in [0.2, 0.25) is 0 Å². The van der Waals surface area contributed by atoms with Crippen molar-refractivity contribution in [3.8, 4) is 0 Å². The van der Waals surface area contributed by atoms with Crippen molar-refractivity contribution >= 4 is 54.8 Å². The van der Waals surface area contributed by atoms with E-state index < -0.39 is 21.8 Å². The van der Waals surface area contributed by atoms with Crippen molar-refractivity contribution in [3.63, 3.8) is 0 Å². The van der Waals surface area contributed by atoms with Gasteiger partial charge in [-0.05, 0) is 49.7 Å². The molecule has 2 amide bonds. The van der Waals surface area contributed by atoms with Crippen molar-refractivity contribution in [2.45, 2.75) is 25.7 Å². The van der Waals surface area contributed by atoms with E-state index in [9.17, 15) is 18.0 Å². The number of sulfonamides is 1. The van der Waals surface area contributed by atoms with Gasteiger partial charge in [-0.15, -0.1) is 11.3 Å². The summed E-state index contributed by atoms with van der Waals surface area (Å²) in [7, 11) is -3.93. The van der Waals surface area contributed by atoms with Gasteiger partial charge in [0.05, 0.1) is 10.6 Å². The Labute approximate surface area is 165 Å². The van der Waals surface area contributed by atoms with Crippen LogP contribution >= 0.6 is 11.3 Å². The first kappa shape index (κ1) is 19.8. The molecule has 0 atom stereocenters. The molecule has 146 valence electrons. The molecule has 28 heavy (non-hydrogen) atoms. The second-order valence-electron chi connectivity index (χ2n) is 6.25. The summed E-state index contributed by atoms with van der Waals surface area (Å²) in [5, 5.41) is 3.46. The van der Waals surface area contributed by atoms with E-state index in [2.05, 4.69) is 10.3 Å². The largest absolute Gasteiger partial charge is 0.397 e. The number of carbonyl (C=O) groups is 2. The Morgan fingerprint density at radius 2 is 1.79 bits per heavy atom. The van der Waals surface area contributed by atoms with Crippen molar-refractivity contribution < 1.29 is 18.0 Å². The molecule has 4 N–H and O–H groups in total. The lowest BCUT2D eigenvalue weighted by Crippen LogP contribution is -2.28. The topological polar surface area (TPSA) is 131 Å². The minimum absolute atomic E-state index is 0.0858. The highest BCUT2D eigenvalue weighted by Gasteiger charge is 2.20. The molecule has 10 heteroatoms. The summed E-state index contributed by atoms with van der Waals surface area (Å²) in [5.41, 5.74) is 8.71. The number of aromatic nitrogens is 1. The summed E-state index contributed by atoms with van der Waals surface area (Å²) in [6.45, 7) is 4.90. The molecule has 8 nitrogen and oxygen atoms in total. The Morgan fingerprint density at radius 1 is 1.14 bits per heavy atom. The summed E-state index contributed by atoms with van der Waals surface area (Å²) >= 11 is 1.20. The molecule has 3 rings (SSSR count). The van der Waals surface area contributed by atoms with Gasteiger partial charge in [0, 0.05) is 23.7 Å². The lowest BCUT2D eigenvalue weighted by molar-refractivity contribution is -0.117. The van der Waals surface area contributed by atoms with Crippen LogP contribution < -0.4 is 15.8 Å². The number of nitrogens with two attached hydrogens (primary N) is 1. The molecule has 0 aliphatic heterocycles. The number of thiophene rings is 1. The number of carbonyl (C=O) groups excluding carboxylic acids is 2. The molecule has 0 radical (unpaired) electrons. The van der Waals surface area contributed by atoms with E-state index in [1.807, 2.05) is 24.6 Å². The fraction of sp³-hybridized carbons (Fsp3) is 0.167. The highest BCUT2D eigenvalue weighted by Crippen LogP contribution is 2.35. The van der Waals surface area contributed by atoms with Crippen molar-refractivity contribution in [3.05, 3.63) is 46.5 Å². The van der Waals surface area contributed by atoms with Gasteiger partial charge in [-0.25, -0.2) is 18.1 Å². The maximum atomic E-state index is 12.6. The zero-order valence-electron chi connectivity index (χ0n) is 15.4. The smallest absolute Gasteiger partial charge is 0.267 e. The Bertz CT molecular complexity index is 1200. The van der Waals surface area contributed by atoms with Crippen molar-refractivity contribution in [1.29, 1.82) is 0 Å². The maximum absolute atomic E-state index is 12.6. The van der Waals surface area contributed by atoms with E-state index in [0.717, 1.165) is 23.6 Å². The lowest BCUT2D eigenvalue weighted by Gasteiger charge is -2.07. The summed E-state index contributed by atoms with van der Waals surface area (Å²) in [4.78, 5) is 29.0. The van der Waals surface area contributed by atoms with Crippen LogP contribution in [0.25, 0.3) is 10.2 Å². The highest BCUT2D eigenvalue weighted by atomic mass is 32.2. The van der Waals surface area contributed by atoms with E-state index in [-0.39, 0.29) is 4.90 Å². The van der Waals surface area contributed by atoms with Crippen LogP contribution in [0, 0.1) is 13.8 Å². The molecule has 1 aromatic carbocycles. The molecule has 2 heterocycles. The molecule has 2 aromatic heterocycles. The molecular formula is C18H18N4O4S2. The number of anilines is 2. The van der Waals surface area contributed by atoms with Gasteiger partial charge in [-0.2, -0.15) is 0 Å². The Balaban J connectivity index is 1.86. The van der Waals surface area contributed by atoms with Crippen LogP contribution in [-0.2, 0) is 14.8 Å². The quantitative estimate of drug-likeness (QED) is 0.597. The normalized spacial score (nSPS) is 11.4.